The summed E-state index contributed by atoms with van der Waals surface area (Å²) in [5, 5.41) is 0.371. The second-order valence-corrected chi connectivity index (χ2v) is 6.79. The molecule has 4 saturated carbocycles. The summed E-state index contributed by atoms with van der Waals surface area (Å²) in [5.74, 6) is 3.09. The van der Waals surface area contributed by atoms with Crippen molar-refractivity contribution in [2.24, 2.45) is 23.7 Å². The van der Waals surface area contributed by atoms with E-state index in [0.29, 0.717) is 11.3 Å². The minimum atomic E-state index is 0.0137. The average Bonchev–Trinajstić information content (AvgIpc) is 2.08. The maximum Gasteiger partial charge on any atom is 0.0489 e. The lowest BCUT2D eigenvalue weighted by Gasteiger charge is -2.59. The first-order valence-corrected chi connectivity index (χ1v) is 6.23. The van der Waals surface area contributed by atoms with Gasteiger partial charge in [0, 0.05) is 10.3 Å². The predicted molar refractivity (Wildman–Crippen MR) is 56.3 cm³/mol. The minimum Gasteiger partial charge on any atom is -0.122 e. The van der Waals surface area contributed by atoms with Gasteiger partial charge in [-0.05, 0) is 56.3 Å². The molecule has 0 aromatic carbocycles. The predicted octanol–water partition coefficient (Wildman–Crippen LogP) is 3.66. The Kier molecular flexibility index (Phi) is 1.76. The van der Waals surface area contributed by atoms with Crippen LogP contribution in [0.15, 0.2) is 0 Å². The summed E-state index contributed by atoms with van der Waals surface area (Å²) in [7, 11) is 0. The number of rotatable bonds is 0. The molecule has 0 heterocycles. The summed E-state index contributed by atoms with van der Waals surface area (Å²) in [5.41, 5.74) is 0. The first kappa shape index (κ1) is 8.85. The quantitative estimate of drug-likeness (QED) is 0.545. The van der Waals surface area contributed by atoms with Gasteiger partial charge in [-0.25, -0.2) is 0 Å². The van der Waals surface area contributed by atoms with Crippen molar-refractivity contribution in [2.75, 3.05) is 0 Å². The Morgan fingerprint density at radius 2 is 1.92 bits per heavy atom. The molecule has 0 spiro atoms. The Bertz CT molecular complexity index is 236. The molecule has 6 atom stereocenters. The third-order valence-corrected chi connectivity index (χ3v) is 6.04. The molecule has 0 aliphatic heterocycles. The summed E-state index contributed by atoms with van der Waals surface area (Å²) in [4.78, 5) is 0.0137. The zero-order valence-corrected chi connectivity index (χ0v) is 9.48. The molecule has 0 radical (unpaired) electrons. The zero-order chi connectivity index (χ0) is 9.22. The van der Waals surface area contributed by atoms with E-state index >= 15 is 0 Å². The SMILES string of the molecule is CC1(Cl)C2CC3CC(C2)C(Cl)C1C3. The Balaban J connectivity index is 1.99. The number of hydrogen-bond donors (Lipinski definition) is 0. The standard InChI is InChI=1S/C11H16Cl2/c1-11(13)8-3-6-2-7(5-8)10(12)9(11)4-6/h6-10H,2-5H2,1H3. The van der Waals surface area contributed by atoms with Gasteiger partial charge in [-0.3, -0.25) is 0 Å². The summed E-state index contributed by atoms with van der Waals surface area (Å²) in [6.45, 7) is 2.22. The van der Waals surface area contributed by atoms with Crippen LogP contribution in [0, 0.1) is 23.7 Å². The molecule has 6 unspecified atom stereocenters. The van der Waals surface area contributed by atoms with E-state index in [4.69, 9.17) is 23.2 Å². The fourth-order valence-corrected chi connectivity index (χ4v) is 5.10. The van der Waals surface area contributed by atoms with Crippen LogP contribution in [-0.4, -0.2) is 10.3 Å². The monoisotopic (exact) mass is 218 g/mol. The van der Waals surface area contributed by atoms with Crippen LogP contribution in [0.4, 0.5) is 0 Å². The molecule has 0 aromatic rings. The van der Waals surface area contributed by atoms with Crippen LogP contribution in [0.5, 0.6) is 0 Å². The lowest BCUT2D eigenvalue weighted by atomic mass is 9.51. The van der Waals surface area contributed by atoms with Gasteiger partial charge in [0.15, 0.2) is 0 Å². The molecule has 4 aliphatic carbocycles. The molecule has 0 aromatic heterocycles. The average molecular weight is 219 g/mol. The summed E-state index contributed by atoms with van der Waals surface area (Å²) in [6, 6.07) is 0. The molecule has 0 amide bonds. The van der Waals surface area contributed by atoms with Crippen molar-refractivity contribution in [3.63, 3.8) is 0 Å². The molecule has 74 valence electrons. The Labute approximate surface area is 90.0 Å². The largest absolute Gasteiger partial charge is 0.122 e. The molecular formula is C11H16Cl2. The highest BCUT2D eigenvalue weighted by atomic mass is 35.5. The lowest BCUT2D eigenvalue weighted by Crippen LogP contribution is -2.58. The molecular weight excluding hydrogens is 203 g/mol. The summed E-state index contributed by atoms with van der Waals surface area (Å²) in [6.07, 6.45) is 5.34. The lowest BCUT2D eigenvalue weighted by molar-refractivity contribution is -0.00873. The van der Waals surface area contributed by atoms with E-state index in [9.17, 15) is 0 Å². The Morgan fingerprint density at radius 3 is 2.69 bits per heavy atom. The van der Waals surface area contributed by atoms with Crippen LogP contribution >= 0.6 is 23.2 Å². The van der Waals surface area contributed by atoms with Crippen molar-refractivity contribution in [1.29, 1.82) is 0 Å². The first-order valence-electron chi connectivity index (χ1n) is 5.42. The molecule has 0 nitrogen and oxygen atoms in total. The van der Waals surface area contributed by atoms with Crippen LogP contribution in [0.1, 0.15) is 32.6 Å². The van der Waals surface area contributed by atoms with Gasteiger partial charge >= 0.3 is 0 Å². The molecule has 13 heavy (non-hydrogen) atoms. The molecule has 4 rings (SSSR count). The fraction of sp³-hybridized carbons (Fsp3) is 1.00. The highest BCUT2D eigenvalue weighted by Gasteiger charge is 2.58. The smallest absolute Gasteiger partial charge is 0.0489 e. The van der Waals surface area contributed by atoms with E-state index in [0.717, 1.165) is 17.8 Å². The molecule has 4 fully saturated rings. The maximum absolute atomic E-state index is 6.64. The summed E-state index contributed by atoms with van der Waals surface area (Å²) < 4.78 is 0. The zero-order valence-electron chi connectivity index (χ0n) is 7.97. The van der Waals surface area contributed by atoms with E-state index in [1.165, 1.54) is 25.7 Å². The number of halogens is 2. The van der Waals surface area contributed by atoms with E-state index in [2.05, 4.69) is 6.92 Å². The molecule has 0 N–H and O–H groups in total. The third kappa shape index (κ3) is 1.05. The molecule has 4 aliphatic rings. The van der Waals surface area contributed by atoms with Crippen LogP contribution in [0.2, 0.25) is 0 Å². The van der Waals surface area contributed by atoms with Gasteiger partial charge < -0.3 is 0 Å². The second-order valence-electron chi connectivity index (χ2n) is 5.47. The van der Waals surface area contributed by atoms with Crippen molar-refractivity contribution in [1.82, 2.24) is 0 Å². The first-order chi connectivity index (χ1) is 6.09. The van der Waals surface area contributed by atoms with E-state index in [1.54, 1.807) is 0 Å². The minimum absolute atomic E-state index is 0.0137. The normalized spacial score (nSPS) is 64.4. The number of hydrogen-bond acceptors (Lipinski definition) is 0. The van der Waals surface area contributed by atoms with Gasteiger partial charge in [0.05, 0.1) is 0 Å². The number of alkyl halides is 2. The van der Waals surface area contributed by atoms with Crippen molar-refractivity contribution in [3.05, 3.63) is 0 Å². The van der Waals surface area contributed by atoms with Crippen LogP contribution in [0.25, 0.3) is 0 Å². The van der Waals surface area contributed by atoms with Crippen molar-refractivity contribution < 1.29 is 0 Å². The van der Waals surface area contributed by atoms with Gasteiger partial charge in [0.1, 0.15) is 0 Å². The topological polar surface area (TPSA) is 0 Å². The van der Waals surface area contributed by atoms with Crippen LogP contribution in [0.3, 0.4) is 0 Å². The Hall–Kier alpha value is 0.580. The fourth-order valence-electron chi connectivity index (χ4n) is 4.06. The molecule has 2 heteroatoms. The maximum atomic E-state index is 6.64. The van der Waals surface area contributed by atoms with Gasteiger partial charge in [-0.1, -0.05) is 0 Å². The van der Waals surface area contributed by atoms with Crippen molar-refractivity contribution >= 4 is 23.2 Å². The molecule has 4 bridgehead atoms. The van der Waals surface area contributed by atoms with Gasteiger partial charge in [-0.2, -0.15) is 0 Å². The van der Waals surface area contributed by atoms with Gasteiger partial charge in [0.2, 0.25) is 0 Å². The van der Waals surface area contributed by atoms with Crippen molar-refractivity contribution in [2.45, 2.75) is 42.9 Å². The summed E-state index contributed by atoms with van der Waals surface area (Å²) >= 11 is 13.1. The molecule has 0 saturated heterocycles. The highest BCUT2D eigenvalue weighted by Crippen LogP contribution is 2.61. The second kappa shape index (κ2) is 2.58. The van der Waals surface area contributed by atoms with E-state index in [-0.39, 0.29) is 4.87 Å². The van der Waals surface area contributed by atoms with Crippen LogP contribution < -0.4 is 0 Å². The van der Waals surface area contributed by atoms with Crippen molar-refractivity contribution in [3.8, 4) is 0 Å². The van der Waals surface area contributed by atoms with E-state index < -0.39 is 0 Å². The van der Waals surface area contributed by atoms with Gasteiger partial charge in [0.25, 0.3) is 0 Å². The van der Waals surface area contributed by atoms with E-state index in [1.807, 2.05) is 0 Å². The van der Waals surface area contributed by atoms with Gasteiger partial charge in [-0.15, -0.1) is 23.2 Å². The third-order valence-electron chi connectivity index (χ3n) is 4.79. The van der Waals surface area contributed by atoms with Crippen LogP contribution in [-0.2, 0) is 0 Å². The highest BCUT2D eigenvalue weighted by molar-refractivity contribution is 6.26. The Morgan fingerprint density at radius 1 is 1.15 bits per heavy atom.